The lowest BCUT2D eigenvalue weighted by Crippen LogP contribution is -2.34. The van der Waals surface area contributed by atoms with Crippen molar-refractivity contribution in [1.82, 2.24) is 5.32 Å². The molecule has 3 rings (SSSR count). The van der Waals surface area contributed by atoms with Gasteiger partial charge in [0, 0.05) is 0 Å². The van der Waals surface area contributed by atoms with Gasteiger partial charge >= 0.3 is 0 Å². The second-order valence-corrected chi connectivity index (χ2v) is 7.96. The van der Waals surface area contributed by atoms with E-state index >= 15 is 0 Å². The van der Waals surface area contributed by atoms with Gasteiger partial charge in [0.15, 0.2) is 0 Å². The van der Waals surface area contributed by atoms with Gasteiger partial charge in [-0.05, 0) is 75.8 Å². The summed E-state index contributed by atoms with van der Waals surface area (Å²) in [5.74, 6) is 0.929. The second kappa shape index (κ2) is 7.13. The van der Waals surface area contributed by atoms with Gasteiger partial charge in [0.05, 0.1) is 0 Å². The van der Waals surface area contributed by atoms with Gasteiger partial charge in [-0.3, -0.25) is 0 Å². The van der Waals surface area contributed by atoms with Gasteiger partial charge in [-0.2, -0.15) is 0 Å². The summed E-state index contributed by atoms with van der Waals surface area (Å²) in [7, 11) is 0. The van der Waals surface area contributed by atoms with E-state index in [9.17, 15) is 0 Å². The number of allylic oxidation sites excluding steroid dienone is 4. The topological polar surface area (TPSA) is 12.0 Å². The molecule has 0 aromatic rings. The van der Waals surface area contributed by atoms with Crippen LogP contribution in [0.4, 0.5) is 0 Å². The predicted octanol–water partition coefficient (Wildman–Crippen LogP) is 5.38. The first-order valence-electron chi connectivity index (χ1n) is 9.34. The maximum absolute atomic E-state index is 3.50. The first-order valence-corrected chi connectivity index (χ1v) is 9.34. The van der Waals surface area contributed by atoms with Crippen LogP contribution in [0.15, 0.2) is 23.3 Å². The Bertz CT molecular complexity index is 392. The van der Waals surface area contributed by atoms with Crippen molar-refractivity contribution in [3.8, 4) is 0 Å². The van der Waals surface area contributed by atoms with Crippen molar-refractivity contribution in [2.24, 2.45) is 11.3 Å². The summed E-state index contributed by atoms with van der Waals surface area (Å²) in [5, 5.41) is 3.50. The molecule has 0 aromatic carbocycles. The Morgan fingerprint density at radius 2 is 1.81 bits per heavy atom. The van der Waals surface area contributed by atoms with E-state index in [4.69, 9.17) is 0 Å². The third-order valence-electron chi connectivity index (χ3n) is 6.26. The Labute approximate surface area is 131 Å². The minimum Gasteiger partial charge on any atom is -0.317 e. The highest BCUT2D eigenvalue weighted by Gasteiger charge is 2.27. The maximum Gasteiger partial charge on any atom is -0.00437 e. The summed E-state index contributed by atoms with van der Waals surface area (Å²) in [6, 6.07) is 0. The molecule has 1 N–H and O–H groups in total. The average molecular weight is 287 g/mol. The van der Waals surface area contributed by atoms with Crippen molar-refractivity contribution in [2.75, 3.05) is 13.1 Å². The Morgan fingerprint density at radius 1 is 1.05 bits per heavy atom. The summed E-state index contributed by atoms with van der Waals surface area (Å²) < 4.78 is 0. The zero-order valence-electron chi connectivity index (χ0n) is 13.9. The number of nitrogens with one attached hydrogen (secondary N) is 1. The summed E-state index contributed by atoms with van der Waals surface area (Å²) in [6.07, 6.45) is 20.5. The van der Waals surface area contributed by atoms with Crippen molar-refractivity contribution < 1.29 is 0 Å². The van der Waals surface area contributed by atoms with E-state index in [2.05, 4.69) is 24.4 Å². The molecular formula is C20H33N. The summed E-state index contributed by atoms with van der Waals surface area (Å²) >= 11 is 0. The monoisotopic (exact) mass is 287 g/mol. The molecule has 0 radical (unpaired) electrons. The molecule has 0 atom stereocenters. The van der Waals surface area contributed by atoms with E-state index in [0.717, 1.165) is 5.92 Å². The fourth-order valence-corrected chi connectivity index (χ4v) is 4.46. The second-order valence-electron chi connectivity index (χ2n) is 7.96. The molecule has 0 spiro atoms. The van der Waals surface area contributed by atoms with Crippen LogP contribution in [0, 0.1) is 11.3 Å². The van der Waals surface area contributed by atoms with Crippen molar-refractivity contribution >= 4 is 0 Å². The van der Waals surface area contributed by atoms with E-state index < -0.39 is 0 Å². The Balaban J connectivity index is 1.50. The molecule has 21 heavy (non-hydrogen) atoms. The van der Waals surface area contributed by atoms with Crippen LogP contribution in [0.1, 0.15) is 77.6 Å². The molecule has 3 aliphatic rings. The number of hydrogen-bond donors (Lipinski definition) is 1. The van der Waals surface area contributed by atoms with E-state index in [1.54, 1.807) is 11.1 Å². The van der Waals surface area contributed by atoms with Gasteiger partial charge in [-0.25, -0.2) is 0 Å². The quantitative estimate of drug-likeness (QED) is 0.731. The van der Waals surface area contributed by atoms with E-state index in [-0.39, 0.29) is 0 Å². The molecule has 2 fully saturated rings. The van der Waals surface area contributed by atoms with Crippen LogP contribution in [0.5, 0.6) is 0 Å². The molecule has 118 valence electrons. The van der Waals surface area contributed by atoms with Gasteiger partial charge < -0.3 is 5.32 Å². The van der Waals surface area contributed by atoms with Crippen LogP contribution in [-0.4, -0.2) is 13.1 Å². The normalized spacial score (nSPS) is 27.1. The summed E-state index contributed by atoms with van der Waals surface area (Å²) in [6.45, 7) is 4.95. The Morgan fingerprint density at radius 3 is 2.48 bits per heavy atom. The van der Waals surface area contributed by atoms with Crippen LogP contribution in [0.2, 0.25) is 0 Å². The van der Waals surface area contributed by atoms with Crippen LogP contribution < -0.4 is 5.32 Å². The predicted molar refractivity (Wildman–Crippen MR) is 91.4 cm³/mol. The molecular weight excluding hydrogens is 254 g/mol. The van der Waals surface area contributed by atoms with Crippen LogP contribution >= 0.6 is 0 Å². The van der Waals surface area contributed by atoms with Gasteiger partial charge in [0.25, 0.3) is 0 Å². The molecule has 1 saturated carbocycles. The molecule has 0 unspecified atom stereocenters. The highest BCUT2D eigenvalue weighted by molar-refractivity contribution is 5.26. The molecule has 1 saturated heterocycles. The Kier molecular flexibility index (Phi) is 5.21. The molecule has 1 nitrogen and oxygen atoms in total. The largest absolute Gasteiger partial charge is 0.317 e. The van der Waals surface area contributed by atoms with E-state index in [1.807, 2.05) is 0 Å². The van der Waals surface area contributed by atoms with Gasteiger partial charge in [-0.1, -0.05) is 49.5 Å². The minimum absolute atomic E-state index is 0.597. The SMILES string of the molecule is CC1(CCC2=CC=C(C3CCCCC3)CC2)CCNCC1. The standard InChI is InChI=1S/C20H33N/c1-20(13-15-21-16-14-20)12-11-17-7-9-19(10-8-17)18-5-3-2-4-6-18/h7,9,18,21H,2-6,8,10-16H2,1H3. The minimum atomic E-state index is 0.597. The molecule has 2 aliphatic carbocycles. The molecule has 1 heteroatoms. The fourth-order valence-electron chi connectivity index (χ4n) is 4.46. The van der Waals surface area contributed by atoms with Crippen LogP contribution in [0.3, 0.4) is 0 Å². The average Bonchev–Trinajstić information content (AvgIpc) is 2.55. The molecule has 1 heterocycles. The smallest absolute Gasteiger partial charge is 0.00437 e. The molecule has 0 aromatic heterocycles. The first kappa shape index (κ1) is 15.3. The summed E-state index contributed by atoms with van der Waals surface area (Å²) in [4.78, 5) is 0. The number of hydrogen-bond acceptors (Lipinski definition) is 1. The highest BCUT2D eigenvalue weighted by Crippen LogP contribution is 2.38. The first-order chi connectivity index (χ1) is 10.3. The third kappa shape index (κ3) is 4.22. The fraction of sp³-hybridized carbons (Fsp3) is 0.800. The highest BCUT2D eigenvalue weighted by atomic mass is 14.9. The van der Waals surface area contributed by atoms with Gasteiger partial charge in [0.2, 0.25) is 0 Å². The molecule has 0 amide bonds. The van der Waals surface area contributed by atoms with Crippen LogP contribution in [-0.2, 0) is 0 Å². The van der Waals surface area contributed by atoms with Crippen molar-refractivity contribution in [1.29, 1.82) is 0 Å². The zero-order valence-corrected chi connectivity index (χ0v) is 13.9. The van der Waals surface area contributed by atoms with Gasteiger partial charge in [0.1, 0.15) is 0 Å². The van der Waals surface area contributed by atoms with E-state index in [1.165, 1.54) is 83.7 Å². The van der Waals surface area contributed by atoms with Crippen LogP contribution in [0.25, 0.3) is 0 Å². The number of piperidine rings is 1. The molecule has 1 aliphatic heterocycles. The summed E-state index contributed by atoms with van der Waals surface area (Å²) in [5.41, 5.74) is 4.08. The van der Waals surface area contributed by atoms with Crippen molar-refractivity contribution in [3.63, 3.8) is 0 Å². The zero-order chi connectivity index (χ0) is 14.5. The van der Waals surface area contributed by atoms with Gasteiger partial charge in [-0.15, -0.1) is 0 Å². The lowest BCUT2D eigenvalue weighted by atomic mass is 9.75. The van der Waals surface area contributed by atoms with Crippen molar-refractivity contribution in [3.05, 3.63) is 23.3 Å². The van der Waals surface area contributed by atoms with Crippen molar-refractivity contribution in [2.45, 2.75) is 77.6 Å². The third-order valence-corrected chi connectivity index (χ3v) is 6.26. The number of rotatable bonds is 4. The maximum atomic E-state index is 3.50. The lowest BCUT2D eigenvalue weighted by Gasteiger charge is -2.34. The Hall–Kier alpha value is -0.560. The lowest BCUT2D eigenvalue weighted by molar-refractivity contribution is 0.211. The molecule has 0 bridgehead atoms. The van der Waals surface area contributed by atoms with E-state index in [0.29, 0.717) is 5.41 Å².